The molecule has 3 fully saturated rings. The third-order valence-electron chi connectivity index (χ3n) is 6.66. The minimum atomic E-state index is -0.934. The topological polar surface area (TPSA) is 80.8 Å². The lowest BCUT2D eigenvalue weighted by Gasteiger charge is -2.49. The summed E-state index contributed by atoms with van der Waals surface area (Å²) in [5.74, 6) is 0.310. The normalized spacial score (nSPS) is 38.8. The van der Waals surface area contributed by atoms with E-state index in [1.807, 2.05) is 6.26 Å². The maximum absolute atomic E-state index is 12.7. The quantitative estimate of drug-likeness (QED) is 0.479. The van der Waals surface area contributed by atoms with Crippen LogP contribution in [0.15, 0.2) is 11.6 Å². The first kappa shape index (κ1) is 23.9. The van der Waals surface area contributed by atoms with Crippen LogP contribution in [-0.2, 0) is 18.9 Å². The maximum Gasteiger partial charge on any atom is 0.410 e. The van der Waals surface area contributed by atoms with Crippen molar-refractivity contribution in [1.29, 1.82) is 0 Å². The van der Waals surface area contributed by atoms with Gasteiger partial charge in [0.15, 0.2) is 0 Å². The number of methoxy groups -OCH3 is 1. The van der Waals surface area contributed by atoms with Crippen molar-refractivity contribution in [2.24, 2.45) is 5.92 Å². The summed E-state index contributed by atoms with van der Waals surface area (Å²) in [4.78, 5) is 14.4. The number of hydrogen-bond donors (Lipinski definition) is 1. The number of amides is 1. The fourth-order valence-corrected chi connectivity index (χ4v) is 5.86. The molecule has 172 valence electrons. The summed E-state index contributed by atoms with van der Waals surface area (Å²) in [7, 11) is 1.63. The van der Waals surface area contributed by atoms with E-state index in [0.717, 1.165) is 6.42 Å². The molecule has 3 rings (SSSR count). The van der Waals surface area contributed by atoms with Crippen LogP contribution in [0.25, 0.3) is 0 Å². The predicted molar refractivity (Wildman–Crippen MR) is 117 cm³/mol. The summed E-state index contributed by atoms with van der Waals surface area (Å²) in [6.07, 6.45) is 4.94. The lowest BCUT2D eigenvalue weighted by atomic mass is 9.66. The highest BCUT2D eigenvalue weighted by Crippen LogP contribution is 2.55. The molecular weight excluding hydrogens is 406 g/mol. The summed E-state index contributed by atoms with van der Waals surface area (Å²) in [5, 5.41) is 11.6. The number of carbonyl (C=O) groups is 1. The molecule has 0 bridgehead atoms. The zero-order valence-electron chi connectivity index (χ0n) is 18.9. The van der Waals surface area contributed by atoms with Crippen LogP contribution < -0.4 is 0 Å². The molecule has 2 aliphatic heterocycles. The van der Waals surface area contributed by atoms with E-state index in [1.165, 1.54) is 5.57 Å². The highest BCUT2D eigenvalue weighted by molar-refractivity contribution is 7.98. The van der Waals surface area contributed by atoms with E-state index in [1.54, 1.807) is 23.8 Å². The molecule has 5 unspecified atom stereocenters. The monoisotopic (exact) mass is 443 g/mol. The molecule has 0 aromatic rings. The van der Waals surface area contributed by atoms with Crippen molar-refractivity contribution in [2.75, 3.05) is 45.4 Å². The molecule has 0 radical (unpaired) electrons. The minimum Gasteiger partial charge on any atom is -0.443 e. The molecule has 1 amide bonds. The van der Waals surface area contributed by atoms with Crippen LogP contribution >= 0.6 is 11.8 Å². The Kier molecular flexibility index (Phi) is 7.77. The maximum atomic E-state index is 12.7. The van der Waals surface area contributed by atoms with Crippen molar-refractivity contribution >= 4 is 17.9 Å². The summed E-state index contributed by atoms with van der Waals surface area (Å²) in [5.41, 5.74) is -0.200. The Bertz CT molecular complexity index is 635. The number of hydrogen-bond acceptors (Lipinski definition) is 7. The van der Waals surface area contributed by atoms with Gasteiger partial charge in [-0.2, -0.15) is 11.8 Å². The van der Waals surface area contributed by atoms with Crippen molar-refractivity contribution in [3.05, 3.63) is 11.6 Å². The molecule has 1 saturated carbocycles. The van der Waals surface area contributed by atoms with Crippen LogP contribution in [0.3, 0.4) is 0 Å². The van der Waals surface area contributed by atoms with Crippen LogP contribution in [0.4, 0.5) is 4.79 Å². The Balaban J connectivity index is 1.78. The Morgan fingerprint density at radius 3 is 2.63 bits per heavy atom. The summed E-state index contributed by atoms with van der Waals surface area (Å²) < 4.78 is 23.3. The van der Waals surface area contributed by atoms with Crippen LogP contribution in [0, 0.1) is 5.92 Å². The summed E-state index contributed by atoms with van der Waals surface area (Å²) in [6.45, 7) is 8.34. The van der Waals surface area contributed by atoms with Crippen molar-refractivity contribution in [3.8, 4) is 0 Å². The first-order chi connectivity index (χ1) is 14.2. The van der Waals surface area contributed by atoms with E-state index in [9.17, 15) is 9.90 Å². The van der Waals surface area contributed by atoms with Crippen LogP contribution in [0.5, 0.6) is 0 Å². The summed E-state index contributed by atoms with van der Waals surface area (Å²) in [6, 6.07) is 0. The molecule has 3 aliphatic rings. The molecule has 7 nitrogen and oxygen atoms in total. The van der Waals surface area contributed by atoms with Crippen LogP contribution in [0.1, 0.15) is 40.0 Å². The third-order valence-corrected chi connectivity index (χ3v) is 7.45. The molecule has 30 heavy (non-hydrogen) atoms. The largest absolute Gasteiger partial charge is 0.443 e. The molecule has 6 atom stereocenters. The first-order valence-corrected chi connectivity index (χ1v) is 12.2. The number of epoxide rings is 1. The number of carbonyl (C=O) groups excluding carboxylic acids is 1. The number of rotatable bonds is 7. The van der Waals surface area contributed by atoms with Gasteiger partial charge >= 0.3 is 6.09 Å². The summed E-state index contributed by atoms with van der Waals surface area (Å²) >= 11 is 1.62. The standard InChI is InChI=1S/C22H37NO6S/c1-15(2)6-7-17-21(3,29-17)19-18(26-4)16(8-9-22(19,25)14-30-5)28-20(24)23-10-12-27-13-11-23/h6,16-19,25H,7-14H2,1-5H3/t16-,17?,18?,19?,21?,22?/m1/s1. The number of allylic oxidation sites excluding steroid dienone is 1. The van der Waals surface area contributed by atoms with Gasteiger partial charge in [-0.1, -0.05) is 11.6 Å². The Labute approximate surface area is 184 Å². The molecule has 1 N–H and O–H groups in total. The van der Waals surface area contributed by atoms with Gasteiger partial charge < -0.3 is 29.0 Å². The third kappa shape index (κ3) is 4.99. The number of nitrogens with zero attached hydrogens (tertiary/aromatic N) is 1. The van der Waals surface area contributed by atoms with E-state index >= 15 is 0 Å². The predicted octanol–water partition coefficient (Wildman–Crippen LogP) is 2.86. The second kappa shape index (κ2) is 9.77. The zero-order valence-corrected chi connectivity index (χ0v) is 19.7. The van der Waals surface area contributed by atoms with Gasteiger partial charge in [0.2, 0.25) is 0 Å². The average Bonchev–Trinajstić information content (AvgIpc) is 3.38. The van der Waals surface area contributed by atoms with E-state index in [2.05, 4.69) is 26.8 Å². The van der Waals surface area contributed by atoms with Gasteiger partial charge in [-0.05, 0) is 46.3 Å². The fraction of sp³-hybridized carbons (Fsp3) is 0.864. The lowest BCUT2D eigenvalue weighted by molar-refractivity contribution is -0.172. The number of aliphatic hydroxyl groups is 1. The SMILES string of the molecule is COC1C(C2(C)OC2CC=C(C)C)C(O)(CSC)CC[C@H]1OC(=O)N1CCOCC1. The molecule has 2 heterocycles. The number of morpholine rings is 1. The lowest BCUT2D eigenvalue weighted by Crippen LogP contribution is -2.62. The van der Waals surface area contributed by atoms with Gasteiger partial charge in [-0.3, -0.25) is 0 Å². The van der Waals surface area contributed by atoms with Gasteiger partial charge in [0.25, 0.3) is 0 Å². The van der Waals surface area contributed by atoms with Crippen molar-refractivity contribution in [3.63, 3.8) is 0 Å². The smallest absolute Gasteiger partial charge is 0.410 e. The van der Waals surface area contributed by atoms with Crippen LogP contribution in [0.2, 0.25) is 0 Å². The van der Waals surface area contributed by atoms with E-state index in [4.69, 9.17) is 18.9 Å². The van der Waals surface area contributed by atoms with Gasteiger partial charge in [0, 0.05) is 31.9 Å². The van der Waals surface area contributed by atoms with E-state index in [0.29, 0.717) is 44.9 Å². The Hall–Kier alpha value is -0.800. The van der Waals surface area contributed by atoms with Crippen LogP contribution in [-0.4, -0.2) is 91.0 Å². The van der Waals surface area contributed by atoms with Crippen molar-refractivity contribution < 1.29 is 28.8 Å². The van der Waals surface area contributed by atoms with Gasteiger partial charge in [0.1, 0.15) is 17.8 Å². The molecule has 0 aromatic heterocycles. The van der Waals surface area contributed by atoms with Gasteiger partial charge in [-0.25, -0.2) is 4.79 Å². The second-order valence-corrected chi connectivity index (χ2v) is 9.95. The highest BCUT2D eigenvalue weighted by Gasteiger charge is 2.67. The van der Waals surface area contributed by atoms with E-state index in [-0.39, 0.29) is 18.1 Å². The second-order valence-electron chi connectivity index (χ2n) is 9.08. The van der Waals surface area contributed by atoms with Gasteiger partial charge in [0.05, 0.1) is 24.9 Å². The number of thioether (sulfide) groups is 1. The Morgan fingerprint density at radius 2 is 2.03 bits per heavy atom. The first-order valence-electron chi connectivity index (χ1n) is 10.8. The zero-order chi connectivity index (χ0) is 21.9. The Morgan fingerprint density at radius 1 is 1.33 bits per heavy atom. The minimum absolute atomic E-state index is 0.0251. The molecule has 2 saturated heterocycles. The molecule has 0 spiro atoms. The van der Waals surface area contributed by atoms with E-state index < -0.39 is 23.4 Å². The van der Waals surface area contributed by atoms with Gasteiger partial charge in [-0.15, -0.1) is 0 Å². The highest BCUT2D eigenvalue weighted by atomic mass is 32.2. The molecular formula is C22H37NO6S. The van der Waals surface area contributed by atoms with Crippen molar-refractivity contribution in [1.82, 2.24) is 4.90 Å². The molecule has 8 heteroatoms. The number of ether oxygens (including phenoxy) is 4. The van der Waals surface area contributed by atoms with Crippen molar-refractivity contribution in [2.45, 2.75) is 69.5 Å². The average molecular weight is 444 g/mol. The molecule has 0 aromatic carbocycles. The fourth-order valence-electron chi connectivity index (χ4n) is 5.04. The molecule has 1 aliphatic carbocycles.